The highest BCUT2D eigenvalue weighted by Gasteiger charge is 2.12. The fourth-order valence-corrected chi connectivity index (χ4v) is 6.81. The van der Waals surface area contributed by atoms with Crippen molar-refractivity contribution in [1.29, 1.82) is 0 Å². The maximum atomic E-state index is 6.23. The van der Waals surface area contributed by atoms with Crippen molar-refractivity contribution in [2.45, 2.75) is 187 Å². The lowest BCUT2D eigenvalue weighted by Crippen LogP contribution is -2.28. The van der Waals surface area contributed by atoms with E-state index >= 15 is 0 Å². The van der Waals surface area contributed by atoms with Gasteiger partial charge in [0.1, 0.15) is 5.91 Å². The minimum absolute atomic E-state index is 0.106. The Morgan fingerprint density at radius 3 is 1.08 bits per heavy atom. The van der Waals surface area contributed by atoms with Gasteiger partial charge in [0, 0.05) is 13.2 Å². The van der Waals surface area contributed by atoms with Crippen LogP contribution in [0.25, 0.3) is 0 Å². The highest BCUT2D eigenvalue weighted by atomic mass is 28.2. The molecule has 224 valence electrons. The quantitative estimate of drug-likeness (QED) is 0.0523. The highest BCUT2D eigenvalue weighted by Crippen LogP contribution is 2.14. The van der Waals surface area contributed by atoms with Crippen LogP contribution in [0.5, 0.6) is 0 Å². The molecule has 4 heteroatoms. The Hall–Kier alpha value is 0.0969. The van der Waals surface area contributed by atoms with Gasteiger partial charge in [-0.05, 0) is 25.3 Å². The van der Waals surface area contributed by atoms with Crippen LogP contribution in [0.4, 0.5) is 0 Å². The molecule has 0 bridgehead atoms. The first kappa shape index (κ1) is 37.1. The summed E-state index contributed by atoms with van der Waals surface area (Å²) in [7, 11) is -0.381. The van der Waals surface area contributed by atoms with Gasteiger partial charge in [0.2, 0.25) is 0 Å². The highest BCUT2D eigenvalue weighted by molar-refractivity contribution is 6.36. The Balaban J connectivity index is 3.67. The summed E-state index contributed by atoms with van der Waals surface area (Å²) in [5.74, 6) is 0.717. The Labute approximate surface area is 237 Å². The minimum atomic E-state index is -0.381. The van der Waals surface area contributed by atoms with Crippen molar-refractivity contribution in [3.63, 3.8) is 0 Å². The third kappa shape index (κ3) is 30.5. The van der Waals surface area contributed by atoms with Crippen molar-refractivity contribution < 1.29 is 9.47 Å². The van der Waals surface area contributed by atoms with Gasteiger partial charge in [0.05, 0.1) is 9.52 Å². The van der Waals surface area contributed by atoms with Gasteiger partial charge in [-0.3, -0.25) is 0 Å². The molecule has 0 saturated carbocycles. The maximum absolute atomic E-state index is 6.23. The largest absolute Gasteiger partial charge is 0.357 e. The maximum Gasteiger partial charge on any atom is 0.134 e. The molecule has 0 radical (unpaired) electrons. The third-order valence-electron chi connectivity index (χ3n) is 7.90. The first-order valence-corrected chi connectivity index (χ1v) is 19.0. The molecule has 3 nitrogen and oxygen atoms in total. The first-order chi connectivity index (χ1) is 18.2. The molecule has 0 aromatic heterocycles. The van der Waals surface area contributed by atoms with Gasteiger partial charge in [0.25, 0.3) is 0 Å². The molecule has 0 spiro atoms. The molecular formula is C33H71NO2Si. The van der Waals surface area contributed by atoms with Crippen molar-refractivity contribution in [2.24, 2.45) is 11.7 Å². The Kier molecular flexibility index (Phi) is 32.4. The predicted octanol–water partition coefficient (Wildman–Crippen LogP) is 9.89. The van der Waals surface area contributed by atoms with Gasteiger partial charge < -0.3 is 15.2 Å². The van der Waals surface area contributed by atoms with Crippen LogP contribution in [0, 0.1) is 5.92 Å². The number of rotatable bonds is 32. The number of nitrogens with two attached hydrogens (primary N) is 1. The molecule has 1 atom stereocenters. The second-order valence-corrected chi connectivity index (χ2v) is 13.7. The number of hydrogen-bond donors (Lipinski definition) is 1. The Bertz CT molecular complexity index is 380. The Morgan fingerprint density at radius 2 is 0.784 bits per heavy atom. The van der Waals surface area contributed by atoms with Crippen LogP contribution in [0.3, 0.4) is 0 Å². The average Bonchev–Trinajstić information content (AvgIpc) is 2.91. The van der Waals surface area contributed by atoms with E-state index in [1.54, 1.807) is 0 Å². The van der Waals surface area contributed by atoms with Crippen molar-refractivity contribution in [3.8, 4) is 0 Å². The van der Waals surface area contributed by atoms with Gasteiger partial charge in [0.15, 0.2) is 0 Å². The minimum Gasteiger partial charge on any atom is -0.357 e. The molecule has 0 rings (SSSR count). The van der Waals surface area contributed by atoms with Crippen molar-refractivity contribution in [2.75, 3.05) is 19.8 Å². The van der Waals surface area contributed by atoms with Crippen LogP contribution < -0.4 is 5.73 Å². The van der Waals surface area contributed by atoms with Gasteiger partial charge in [-0.15, -0.1) is 0 Å². The summed E-state index contributed by atoms with van der Waals surface area (Å²) in [4.78, 5) is 0. The molecule has 0 aliphatic heterocycles. The summed E-state index contributed by atoms with van der Waals surface area (Å²) < 4.78 is 12.5. The van der Waals surface area contributed by atoms with E-state index in [0.29, 0.717) is 5.92 Å². The van der Waals surface area contributed by atoms with Crippen LogP contribution >= 0.6 is 0 Å². The number of ether oxygens (including phenoxy) is 2. The van der Waals surface area contributed by atoms with Gasteiger partial charge in [-0.2, -0.15) is 0 Å². The van der Waals surface area contributed by atoms with Crippen molar-refractivity contribution in [3.05, 3.63) is 0 Å². The molecule has 0 fully saturated rings. The normalized spacial score (nSPS) is 12.9. The van der Waals surface area contributed by atoms with Crippen LogP contribution in [0.15, 0.2) is 0 Å². The SMILES string of the molecule is CCCCCCCCCCCCCCOC(OCCCCCCCCCCCCCC)[SiH2]CC(C)CN. The third-order valence-corrected chi connectivity index (χ3v) is 10.2. The van der Waals surface area contributed by atoms with E-state index in [1.165, 1.54) is 160 Å². The fraction of sp³-hybridized carbons (Fsp3) is 1.00. The molecule has 0 aliphatic rings. The van der Waals surface area contributed by atoms with Gasteiger partial charge in [-0.25, -0.2) is 0 Å². The second kappa shape index (κ2) is 32.3. The van der Waals surface area contributed by atoms with Crippen LogP contribution in [-0.4, -0.2) is 35.2 Å². The second-order valence-electron chi connectivity index (χ2n) is 11.9. The topological polar surface area (TPSA) is 44.5 Å². The predicted molar refractivity (Wildman–Crippen MR) is 169 cm³/mol. The van der Waals surface area contributed by atoms with Gasteiger partial charge >= 0.3 is 0 Å². The summed E-state index contributed by atoms with van der Waals surface area (Å²) in [6.07, 6.45) is 33.3. The molecule has 37 heavy (non-hydrogen) atoms. The van der Waals surface area contributed by atoms with Crippen molar-refractivity contribution >= 4 is 9.52 Å². The van der Waals surface area contributed by atoms with E-state index in [9.17, 15) is 0 Å². The lowest BCUT2D eigenvalue weighted by molar-refractivity contribution is -0.0927. The van der Waals surface area contributed by atoms with E-state index in [-0.39, 0.29) is 15.4 Å². The summed E-state index contributed by atoms with van der Waals surface area (Å²) >= 11 is 0. The van der Waals surface area contributed by atoms with E-state index in [4.69, 9.17) is 15.2 Å². The standard InChI is InChI=1S/C33H71NO2Si/c1-4-6-8-10-12-14-16-18-20-22-24-26-28-35-33(37-31-32(3)30-34)36-29-27-25-23-21-19-17-15-13-11-9-7-5-2/h32-33H,4-31,34,37H2,1-3H3. The zero-order valence-electron chi connectivity index (χ0n) is 26.1. The number of hydrogen-bond acceptors (Lipinski definition) is 3. The van der Waals surface area contributed by atoms with Crippen molar-refractivity contribution in [1.82, 2.24) is 0 Å². The summed E-state index contributed by atoms with van der Waals surface area (Å²) in [5.41, 5.74) is 5.85. The summed E-state index contributed by atoms with van der Waals surface area (Å²) in [6.45, 7) is 9.40. The molecule has 1 unspecified atom stereocenters. The van der Waals surface area contributed by atoms with Crippen LogP contribution in [0.1, 0.15) is 175 Å². The fourth-order valence-electron chi connectivity index (χ4n) is 5.07. The summed E-state index contributed by atoms with van der Waals surface area (Å²) in [5, 5.41) is 0. The lowest BCUT2D eigenvalue weighted by atomic mass is 10.1. The smallest absolute Gasteiger partial charge is 0.134 e. The molecule has 0 aromatic carbocycles. The molecule has 2 N–H and O–H groups in total. The molecule has 0 amide bonds. The van der Waals surface area contributed by atoms with Crippen LogP contribution in [-0.2, 0) is 9.47 Å². The molecule has 0 saturated heterocycles. The molecular weight excluding hydrogens is 470 g/mol. The van der Waals surface area contributed by atoms with Crippen LogP contribution in [0.2, 0.25) is 6.04 Å². The monoisotopic (exact) mass is 542 g/mol. The van der Waals surface area contributed by atoms with E-state index in [2.05, 4.69) is 20.8 Å². The zero-order valence-corrected chi connectivity index (χ0v) is 27.5. The summed E-state index contributed by atoms with van der Waals surface area (Å²) in [6, 6.07) is 1.23. The van der Waals surface area contributed by atoms with E-state index < -0.39 is 0 Å². The molecule has 0 heterocycles. The van der Waals surface area contributed by atoms with E-state index in [1.807, 2.05) is 0 Å². The first-order valence-electron chi connectivity index (χ1n) is 17.2. The molecule has 0 aliphatic carbocycles. The Morgan fingerprint density at radius 1 is 0.486 bits per heavy atom. The van der Waals surface area contributed by atoms with E-state index in [0.717, 1.165) is 19.8 Å². The number of unbranched alkanes of at least 4 members (excludes halogenated alkanes) is 22. The van der Waals surface area contributed by atoms with Gasteiger partial charge in [-0.1, -0.05) is 168 Å². The molecule has 0 aromatic rings. The average molecular weight is 542 g/mol. The zero-order chi connectivity index (χ0) is 27.1. The lowest BCUT2D eigenvalue weighted by Gasteiger charge is -2.20.